The van der Waals surface area contributed by atoms with Gasteiger partial charge in [0.15, 0.2) is 11.5 Å². The third-order valence-electron chi connectivity index (χ3n) is 5.07. The first-order valence-corrected chi connectivity index (χ1v) is 11.0. The first-order valence-electron chi connectivity index (χ1n) is 11.0. The number of likely N-dealkylation sites (N-methyl/N-ethyl adjacent to an activating group) is 1. The third kappa shape index (κ3) is 6.87. The summed E-state index contributed by atoms with van der Waals surface area (Å²) in [5.41, 5.74) is 0.422. The zero-order valence-corrected chi connectivity index (χ0v) is 19.0. The summed E-state index contributed by atoms with van der Waals surface area (Å²) < 4.78 is 16.4. The molecule has 31 heavy (non-hydrogen) atoms. The van der Waals surface area contributed by atoms with E-state index in [2.05, 4.69) is 0 Å². The molecule has 0 bridgehead atoms. The highest BCUT2D eigenvalue weighted by Crippen LogP contribution is 2.29. The summed E-state index contributed by atoms with van der Waals surface area (Å²) >= 11 is 0. The summed E-state index contributed by atoms with van der Waals surface area (Å²) in [7, 11) is 1.59. The number of hydrogen-bond acceptors (Lipinski definition) is 6. The number of piperidine rings is 1. The molecule has 1 unspecified atom stereocenters. The number of hydrogen-bond donors (Lipinski definition) is 0. The molecule has 0 saturated carbocycles. The maximum absolute atomic E-state index is 12.9. The monoisotopic (exact) mass is 434 g/mol. The van der Waals surface area contributed by atoms with E-state index in [1.807, 2.05) is 13.8 Å². The van der Waals surface area contributed by atoms with Gasteiger partial charge in [-0.2, -0.15) is 0 Å². The minimum Gasteiger partial charge on any atom is -0.490 e. The number of nitrogens with zero attached hydrogens (tertiary/aromatic N) is 2. The topological polar surface area (TPSA) is 85.4 Å². The van der Waals surface area contributed by atoms with E-state index in [0.717, 1.165) is 12.8 Å². The van der Waals surface area contributed by atoms with Crippen molar-refractivity contribution in [1.29, 1.82) is 0 Å². The molecule has 2 amide bonds. The molecule has 8 heteroatoms. The summed E-state index contributed by atoms with van der Waals surface area (Å²) in [6.07, 6.45) is 2.32. The van der Waals surface area contributed by atoms with Crippen molar-refractivity contribution in [2.75, 3.05) is 46.5 Å². The second-order valence-corrected chi connectivity index (χ2v) is 7.54. The standard InChI is InChI=1S/C23H34N2O6/c1-5-13-31-19-11-10-17(14-20(19)29-6-2)22(27)24(4)16-21(26)25-12-8-9-18(15-25)23(28)30-7-3/h10-11,14,18H,5-9,12-13,15-16H2,1-4H3. The van der Waals surface area contributed by atoms with Crippen LogP contribution in [-0.2, 0) is 14.3 Å². The second kappa shape index (κ2) is 12.2. The SMILES string of the molecule is CCCOc1ccc(C(=O)N(C)CC(=O)N2CCCC(C(=O)OCC)C2)cc1OCC. The fourth-order valence-electron chi connectivity index (χ4n) is 3.49. The molecular weight excluding hydrogens is 400 g/mol. The number of esters is 1. The molecule has 1 atom stereocenters. The molecule has 0 aliphatic carbocycles. The van der Waals surface area contributed by atoms with Crippen LogP contribution in [0.1, 0.15) is 50.4 Å². The van der Waals surface area contributed by atoms with Crippen molar-refractivity contribution in [3.8, 4) is 11.5 Å². The van der Waals surface area contributed by atoms with Crippen LogP contribution >= 0.6 is 0 Å². The average molecular weight is 435 g/mol. The Hall–Kier alpha value is -2.77. The lowest BCUT2D eigenvalue weighted by atomic mass is 9.98. The Morgan fingerprint density at radius 1 is 1.10 bits per heavy atom. The number of likely N-dealkylation sites (tertiary alicyclic amines) is 1. The Bertz CT molecular complexity index is 766. The van der Waals surface area contributed by atoms with Gasteiger partial charge in [-0.05, 0) is 51.3 Å². The van der Waals surface area contributed by atoms with Crippen molar-refractivity contribution in [3.05, 3.63) is 23.8 Å². The molecule has 0 aromatic heterocycles. The molecule has 0 radical (unpaired) electrons. The first kappa shape index (κ1) is 24.5. The highest BCUT2D eigenvalue weighted by Gasteiger charge is 2.30. The van der Waals surface area contributed by atoms with Crippen molar-refractivity contribution in [3.63, 3.8) is 0 Å². The van der Waals surface area contributed by atoms with Gasteiger partial charge in [-0.1, -0.05) is 6.92 Å². The van der Waals surface area contributed by atoms with Crippen LogP contribution in [0.4, 0.5) is 0 Å². The van der Waals surface area contributed by atoms with Gasteiger partial charge in [0.25, 0.3) is 5.91 Å². The fraction of sp³-hybridized carbons (Fsp3) is 0.609. The molecule has 1 aliphatic rings. The molecule has 2 rings (SSSR count). The predicted molar refractivity (Wildman–Crippen MR) is 116 cm³/mol. The van der Waals surface area contributed by atoms with Crippen LogP contribution in [0.15, 0.2) is 18.2 Å². The van der Waals surface area contributed by atoms with Gasteiger partial charge in [0.2, 0.25) is 5.91 Å². The number of benzene rings is 1. The van der Waals surface area contributed by atoms with Crippen LogP contribution in [-0.4, -0.2) is 74.1 Å². The van der Waals surface area contributed by atoms with Crippen LogP contribution in [0.2, 0.25) is 0 Å². The van der Waals surface area contributed by atoms with Crippen molar-refractivity contribution in [2.45, 2.75) is 40.0 Å². The Morgan fingerprint density at radius 2 is 1.87 bits per heavy atom. The fourth-order valence-corrected chi connectivity index (χ4v) is 3.49. The molecule has 1 aliphatic heterocycles. The average Bonchev–Trinajstić information content (AvgIpc) is 2.78. The van der Waals surface area contributed by atoms with E-state index < -0.39 is 0 Å². The van der Waals surface area contributed by atoms with E-state index in [1.165, 1.54) is 4.90 Å². The quantitative estimate of drug-likeness (QED) is 0.527. The largest absolute Gasteiger partial charge is 0.490 e. The maximum Gasteiger partial charge on any atom is 0.310 e. The van der Waals surface area contributed by atoms with E-state index >= 15 is 0 Å². The molecule has 8 nitrogen and oxygen atoms in total. The van der Waals surface area contributed by atoms with Gasteiger partial charge >= 0.3 is 5.97 Å². The van der Waals surface area contributed by atoms with Gasteiger partial charge in [0, 0.05) is 25.7 Å². The maximum atomic E-state index is 12.9. The smallest absolute Gasteiger partial charge is 0.310 e. The van der Waals surface area contributed by atoms with Gasteiger partial charge in [-0.15, -0.1) is 0 Å². The van der Waals surface area contributed by atoms with Gasteiger partial charge < -0.3 is 24.0 Å². The molecule has 1 aromatic rings. The zero-order chi connectivity index (χ0) is 22.8. The minimum atomic E-state index is -0.303. The summed E-state index contributed by atoms with van der Waals surface area (Å²) in [6, 6.07) is 5.04. The Balaban J connectivity index is 2.01. The summed E-state index contributed by atoms with van der Waals surface area (Å²) in [5.74, 6) is 0.0709. The molecule has 1 saturated heterocycles. The van der Waals surface area contributed by atoms with Crippen LogP contribution in [0.25, 0.3) is 0 Å². The lowest BCUT2D eigenvalue weighted by Gasteiger charge is -2.32. The molecule has 1 heterocycles. The lowest BCUT2D eigenvalue weighted by Crippen LogP contribution is -2.47. The van der Waals surface area contributed by atoms with E-state index in [1.54, 1.807) is 37.1 Å². The lowest BCUT2D eigenvalue weighted by molar-refractivity contribution is -0.151. The molecule has 172 valence electrons. The normalized spacial score (nSPS) is 15.9. The van der Waals surface area contributed by atoms with E-state index in [-0.39, 0.29) is 30.2 Å². The molecule has 0 spiro atoms. The number of ether oxygens (including phenoxy) is 3. The summed E-state index contributed by atoms with van der Waals surface area (Å²) in [5, 5.41) is 0. The van der Waals surface area contributed by atoms with E-state index in [4.69, 9.17) is 14.2 Å². The third-order valence-corrected chi connectivity index (χ3v) is 5.07. The van der Waals surface area contributed by atoms with Gasteiger partial charge in [-0.3, -0.25) is 14.4 Å². The van der Waals surface area contributed by atoms with Crippen LogP contribution < -0.4 is 9.47 Å². The van der Waals surface area contributed by atoms with Crippen molar-refractivity contribution >= 4 is 17.8 Å². The Labute approximate surface area is 184 Å². The van der Waals surface area contributed by atoms with Crippen molar-refractivity contribution in [2.24, 2.45) is 5.92 Å². The highest BCUT2D eigenvalue weighted by atomic mass is 16.5. The molecule has 1 aromatic carbocycles. The van der Waals surface area contributed by atoms with Crippen molar-refractivity contribution < 1.29 is 28.6 Å². The minimum absolute atomic E-state index is 0.0631. The van der Waals surface area contributed by atoms with Gasteiger partial charge in [0.05, 0.1) is 32.3 Å². The van der Waals surface area contributed by atoms with Crippen LogP contribution in [0.3, 0.4) is 0 Å². The summed E-state index contributed by atoms with van der Waals surface area (Å²) in [6.45, 7) is 7.83. The zero-order valence-electron chi connectivity index (χ0n) is 19.0. The summed E-state index contributed by atoms with van der Waals surface area (Å²) in [4.78, 5) is 40.7. The van der Waals surface area contributed by atoms with Crippen LogP contribution in [0, 0.1) is 5.92 Å². The van der Waals surface area contributed by atoms with Crippen molar-refractivity contribution in [1.82, 2.24) is 9.80 Å². The molecule has 0 N–H and O–H groups in total. The number of carbonyl (C=O) groups is 3. The van der Waals surface area contributed by atoms with Gasteiger partial charge in [-0.25, -0.2) is 0 Å². The van der Waals surface area contributed by atoms with Gasteiger partial charge in [0.1, 0.15) is 0 Å². The second-order valence-electron chi connectivity index (χ2n) is 7.54. The number of amides is 2. The Kier molecular flexibility index (Phi) is 9.62. The van der Waals surface area contributed by atoms with E-state index in [9.17, 15) is 14.4 Å². The predicted octanol–water partition coefficient (Wildman–Crippen LogP) is 2.75. The molecular formula is C23H34N2O6. The highest BCUT2D eigenvalue weighted by molar-refractivity contribution is 5.97. The number of rotatable bonds is 10. The molecule has 1 fully saturated rings. The number of carbonyl (C=O) groups excluding carboxylic acids is 3. The Morgan fingerprint density at radius 3 is 2.55 bits per heavy atom. The van der Waals surface area contributed by atoms with E-state index in [0.29, 0.717) is 56.4 Å². The van der Waals surface area contributed by atoms with Crippen LogP contribution in [0.5, 0.6) is 11.5 Å². The first-order chi connectivity index (χ1) is 14.9.